The molecule has 1 aliphatic heterocycles. The van der Waals surface area contributed by atoms with Gasteiger partial charge in [-0.3, -0.25) is 10.1 Å². The first-order valence-corrected chi connectivity index (χ1v) is 5.75. The van der Waals surface area contributed by atoms with E-state index < -0.39 is 0 Å². The number of carbonyl (C=O) groups is 1. The SMILES string of the molecule is CCCCC(C)N1C(=O)CNC1CC. The van der Waals surface area contributed by atoms with E-state index in [-0.39, 0.29) is 12.1 Å². The van der Waals surface area contributed by atoms with Crippen LogP contribution in [0.15, 0.2) is 0 Å². The molecule has 0 aromatic rings. The third kappa shape index (κ3) is 2.47. The second-order valence-corrected chi connectivity index (χ2v) is 4.10. The summed E-state index contributed by atoms with van der Waals surface area (Å²) in [5, 5.41) is 3.24. The minimum atomic E-state index is 0.264. The molecule has 1 rings (SSSR count). The summed E-state index contributed by atoms with van der Waals surface area (Å²) in [7, 11) is 0. The highest BCUT2D eigenvalue weighted by molar-refractivity contribution is 5.80. The van der Waals surface area contributed by atoms with Crippen LogP contribution in [-0.4, -0.2) is 29.6 Å². The molecule has 1 N–H and O–H groups in total. The van der Waals surface area contributed by atoms with Crippen LogP contribution in [0.25, 0.3) is 0 Å². The van der Waals surface area contributed by atoms with Crippen molar-refractivity contribution in [3.05, 3.63) is 0 Å². The van der Waals surface area contributed by atoms with Gasteiger partial charge in [-0.15, -0.1) is 0 Å². The van der Waals surface area contributed by atoms with Crippen molar-refractivity contribution in [2.45, 2.75) is 58.7 Å². The number of carbonyl (C=O) groups excluding carboxylic acids is 1. The van der Waals surface area contributed by atoms with Crippen molar-refractivity contribution in [3.63, 3.8) is 0 Å². The third-order valence-corrected chi connectivity index (χ3v) is 2.95. The molecule has 0 spiro atoms. The molecule has 1 fully saturated rings. The molecule has 0 radical (unpaired) electrons. The molecule has 2 atom stereocenters. The Balaban J connectivity index is 2.50. The first-order chi connectivity index (χ1) is 6.70. The van der Waals surface area contributed by atoms with Gasteiger partial charge < -0.3 is 4.90 Å². The van der Waals surface area contributed by atoms with E-state index in [0.717, 1.165) is 12.8 Å². The number of unbranched alkanes of at least 4 members (excludes halogenated alkanes) is 1. The lowest BCUT2D eigenvalue weighted by atomic mass is 10.1. The van der Waals surface area contributed by atoms with Gasteiger partial charge in [0.15, 0.2) is 0 Å². The van der Waals surface area contributed by atoms with Crippen LogP contribution in [-0.2, 0) is 4.79 Å². The molecular formula is C11H22N2O. The van der Waals surface area contributed by atoms with E-state index in [1.54, 1.807) is 0 Å². The van der Waals surface area contributed by atoms with E-state index in [2.05, 4.69) is 26.1 Å². The van der Waals surface area contributed by atoms with Gasteiger partial charge in [0, 0.05) is 6.04 Å². The van der Waals surface area contributed by atoms with E-state index in [4.69, 9.17) is 0 Å². The Morgan fingerprint density at radius 2 is 2.29 bits per heavy atom. The van der Waals surface area contributed by atoms with Gasteiger partial charge in [-0.2, -0.15) is 0 Å². The average Bonchev–Trinajstić information content (AvgIpc) is 2.56. The summed E-state index contributed by atoms with van der Waals surface area (Å²) in [6, 6.07) is 0.391. The Morgan fingerprint density at radius 1 is 1.57 bits per heavy atom. The number of nitrogens with one attached hydrogen (secondary N) is 1. The summed E-state index contributed by atoms with van der Waals surface area (Å²) in [5.74, 6) is 0.264. The van der Waals surface area contributed by atoms with E-state index in [0.29, 0.717) is 12.6 Å². The smallest absolute Gasteiger partial charge is 0.238 e. The lowest BCUT2D eigenvalue weighted by Crippen LogP contribution is -2.42. The molecule has 3 heteroatoms. The van der Waals surface area contributed by atoms with Crippen LogP contribution in [0, 0.1) is 0 Å². The van der Waals surface area contributed by atoms with Gasteiger partial charge in [0.05, 0.1) is 12.7 Å². The first-order valence-electron chi connectivity index (χ1n) is 5.75. The maximum atomic E-state index is 11.6. The van der Waals surface area contributed by atoms with Crippen LogP contribution >= 0.6 is 0 Å². The lowest BCUT2D eigenvalue weighted by molar-refractivity contribution is -0.130. The highest BCUT2D eigenvalue weighted by atomic mass is 16.2. The molecule has 82 valence electrons. The fourth-order valence-corrected chi connectivity index (χ4v) is 2.10. The van der Waals surface area contributed by atoms with E-state index >= 15 is 0 Å². The molecule has 0 aromatic carbocycles. The highest BCUT2D eigenvalue weighted by Gasteiger charge is 2.31. The zero-order valence-corrected chi connectivity index (χ0v) is 9.55. The van der Waals surface area contributed by atoms with Crippen LogP contribution in [0.4, 0.5) is 0 Å². The van der Waals surface area contributed by atoms with Crippen molar-refractivity contribution in [1.82, 2.24) is 10.2 Å². The largest absolute Gasteiger partial charge is 0.323 e. The zero-order valence-electron chi connectivity index (χ0n) is 9.55. The van der Waals surface area contributed by atoms with E-state index in [1.165, 1.54) is 12.8 Å². The second-order valence-electron chi connectivity index (χ2n) is 4.10. The van der Waals surface area contributed by atoms with E-state index in [1.807, 2.05) is 4.90 Å². The Labute approximate surface area is 86.9 Å². The first kappa shape index (κ1) is 11.5. The third-order valence-electron chi connectivity index (χ3n) is 2.95. The van der Waals surface area contributed by atoms with Crippen LogP contribution in [0.2, 0.25) is 0 Å². The second kappa shape index (κ2) is 5.35. The number of hydrogen-bond acceptors (Lipinski definition) is 2. The zero-order chi connectivity index (χ0) is 10.6. The summed E-state index contributed by atoms with van der Waals surface area (Å²) in [4.78, 5) is 13.6. The normalized spacial score (nSPS) is 24.4. The molecule has 1 aliphatic rings. The topological polar surface area (TPSA) is 32.3 Å². The van der Waals surface area contributed by atoms with Crippen molar-refractivity contribution in [1.29, 1.82) is 0 Å². The maximum absolute atomic E-state index is 11.6. The van der Waals surface area contributed by atoms with Gasteiger partial charge in [-0.1, -0.05) is 26.7 Å². The predicted octanol–water partition coefficient (Wildman–Crippen LogP) is 1.73. The highest BCUT2D eigenvalue weighted by Crippen LogP contribution is 2.16. The van der Waals surface area contributed by atoms with Crippen molar-refractivity contribution >= 4 is 5.91 Å². The quantitative estimate of drug-likeness (QED) is 0.729. The number of hydrogen-bond donors (Lipinski definition) is 1. The van der Waals surface area contributed by atoms with Crippen molar-refractivity contribution in [2.24, 2.45) is 0 Å². The van der Waals surface area contributed by atoms with Crippen LogP contribution < -0.4 is 5.32 Å². The minimum absolute atomic E-state index is 0.264. The van der Waals surface area contributed by atoms with Gasteiger partial charge >= 0.3 is 0 Å². The van der Waals surface area contributed by atoms with Crippen molar-refractivity contribution in [3.8, 4) is 0 Å². The average molecular weight is 198 g/mol. The van der Waals surface area contributed by atoms with Gasteiger partial charge in [0.1, 0.15) is 0 Å². The Kier molecular flexibility index (Phi) is 4.39. The Morgan fingerprint density at radius 3 is 2.86 bits per heavy atom. The number of amides is 1. The fraction of sp³-hybridized carbons (Fsp3) is 0.909. The monoisotopic (exact) mass is 198 g/mol. The predicted molar refractivity (Wildman–Crippen MR) is 57.9 cm³/mol. The van der Waals surface area contributed by atoms with Crippen molar-refractivity contribution < 1.29 is 4.79 Å². The minimum Gasteiger partial charge on any atom is -0.323 e. The number of rotatable bonds is 5. The molecule has 0 bridgehead atoms. The van der Waals surface area contributed by atoms with E-state index in [9.17, 15) is 4.79 Å². The fourth-order valence-electron chi connectivity index (χ4n) is 2.10. The Hall–Kier alpha value is -0.570. The molecule has 3 nitrogen and oxygen atoms in total. The van der Waals surface area contributed by atoms with Crippen molar-refractivity contribution in [2.75, 3.05) is 6.54 Å². The molecule has 14 heavy (non-hydrogen) atoms. The molecular weight excluding hydrogens is 176 g/mol. The lowest BCUT2D eigenvalue weighted by Gasteiger charge is -2.29. The summed E-state index contributed by atoms with van der Waals surface area (Å²) in [5.41, 5.74) is 0. The molecule has 0 saturated carbocycles. The van der Waals surface area contributed by atoms with Gasteiger partial charge in [0.25, 0.3) is 0 Å². The molecule has 2 unspecified atom stereocenters. The van der Waals surface area contributed by atoms with Crippen LogP contribution in [0.1, 0.15) is 46.5 Å². The molecule has 0 aliphatic carbocycles. The molecule has 1 saturated heterocycles. The standard InChI is InChI=1S/C11H22N2O/c1-4-6-7-9(3)13-10(5-2)12-8-11(13)14/h9-10,12H,4-8H2,1-3H3. The summed E-state index contributed by atoms with van der Waals surface area (Å²) in [6.45, 7) is 6.99. The molecule has 1 heterocycles. The molecule has 0 aromatic heterocycles. The summed E-state index contributed by atoms with van der Waals surface area (Å²) >= 11 is 0. The Bertz CT molecular complexity index is 194. The van der Waals surface area contributed by atoms with Gasteiger partial charge in [-0.05, 0) is 19.8 Å². The summed E-state index contributed by atoms with van der Waals surface area (Å²) < 4.78 is 0. The van der Waals surface area contributed by atoms with Crippen LogP contribution in [0.3, 0.4) is 0 Å². The summed E-state index contributed by atoms with van der Waals surface area (Å²) in [6.07, 6.45) is 4.81. The number of nitrogens with zero attached hydrogens (tertiary/aromatic N) is 1. The maximum Gasteiger partial charge on any atom is 0.238 e. The van der Waals surface area contributed by atoms with Gasteiger partial charge in [-0.25, -0.2) is 0 Å². The molecule has 1 amide bonds. The van der Waals surface area contributed by atoms with Crippen LogP contribution in [0.5, 0.6) is 0 Å². The van der Waals surface area contributed by atoms with Gasteiger partial charge in [0.2, 0.25) is 5.91 Å².